The van der Waals surface area contributed by atoms with Gasteiger partial charge in [-0.3, -0.25) is 0 Å². The molecule has 0 aliphatic heterocycles. The Morgan fingerprint density at radius 1 is 1.04 bits per heavy atom. The molecule has 2 aromatic rings. The molecule has 0 spiro atoms. The van der Waals surface area contributed by atoms with Crippen molar-refractivity contribution in [3.63, 3.8) is 0 Å². The Morgan fingerprint density at radius 3 is 2.13 bits per heavy atom. The van der Waals surface area contributed by atoms with E-state index in [1.807, 2.05) is 0 Å². The first-order valence-electron chi connectivity index (χ1n) is 6.24. The Bertz CT molecular complexity index is 710. The lowest BCUT2D eigenvalue weighted by atomic mass is 10.00. The second-order valence-electron chi connectivity index (χ2n) is 4.55. The summed E-state index contributed by atoms with van der Waals surface area (Å²) in [5, 5.41) is 18.2. The summed E-state index contributed by atoms with van der Waals surface area (Å²) in [6, 6.07) is 8.13. The molecule has 0 aliphatic carbocycles. The molecule has 0 aromatic heterocycles. The zero-order valence-corrected chi connectivity index (χ0v) is 11.3. The maximum Gasteiger partial charge on any atom is 0.573 e. The van der Waals surface area contributed by atoms with Gasteiger partial charge in [-0.05, 0) is 35.4 Å². The smallest absolute Gasteiger partial charge is 0.479 e. The first-order chi connectivity index (χ1) is 10.7. The number of benzene rings is 2. The number of alkyl halides is 3. The van der Waals surface area contributed by atoms with E-state index >= 15 is 0 Å². The van der Waals surface area contributed by atoms with Crippen molar-refractivity contribution in [3.05, 3.63) is 53.8 Å². The molecule has 0 heterocycles. The van der Waals surface area contributed by atoms with Gasteiger partial charge in [0.1, 0.15) is 11.6 Å². The number of hydrogen-bond acceptors (Lipinski definition) is 3. The van der Waals surface area contributed by atoms with Gasteiger partial charge in [0.25, 0.3) is 0 Å². The summed E-state index contributed by atoms with van der Waals surface area (Å²) in [5.41, 5.74) is 0.296. The van der Waals surface area contributed by atoms with Crippen LogP contribution in [0.15, 0.2) is 42.5 Å². The molecule has 0 amide bonds. The Kier molecular flexibility index (Phi) is 4.55. The highest BCUT2D eigenvalue weighted by atomic mass is 19.4. The lowest BCUT2D eigenvalue weighted by molar-refractivity contribution is -0.274. The number of carboxylic acid groups (broad SMARTS) is 1. The fraction of sp³-hybridized carbons (Fsp3) is 0.133. The molecule has 0 saturated heterocycles. The van der Waals surface area contributed by atoms with Crippen molar-refractivity contribution < 1.29 is 37.3 Å². The third-order valence-corrected chi connectivity index (χ3v) is 2.95. The Labute approximate surface area is 127 Å². The van der Waals surface area contributed by atoms with E-state index in [-0.39, 0.29) is 0 Å². The summed E-state index contributed by atoms with van der Waals surface area (Å²) in [4.78, 5) is 10.7. The van der Waals surface area contributed by atoms with E-state index in [9.17, 15) is 27.5 Å². The fourth-order valence-corrected chi connectivity index (χ4v) is 1.91. The van der Waals surface area contributed by atoms with E-state index in [1.165, 1.54) is 18.2 Å². The number of halogens is 4. The summed E-state index contributed by atoms with van der Waals surface area (Å²) in [6.45, 7) is 0. The van der Waals surface area contributed by atoms with Crippen LogP contribution in [0, 0.1) is 5.82 Å². The first-order valence-corrected chi connectivity index (χ1v) is 6.24. The minimum atomic E-state index is -4.81. The van der Waals surface area contributed by atoms with E-state index in [4.69, 9.17) is 5.11 Å². The third kappa shape index (κ3) is 4.19. The van der Waals surface area contributed by atoms with Gasteiger partial charge in [-0.15, -0.1) is 13.2 Å². The van der Waals surface area contributed by atoms with Crippen LogP contribution >= 0.6 is 0 Å². The number of carboxylic acids is 1. The molecule has 122 valence electrons. The quantitative estimate of drug-likeness (QED) is 0.842. The molecule has 2 aromatic carbocycles. The maximum atomic E-state index is 13.6. The van der Waals surface area contributed by atoms with E-state index in [2.05, 4.69) is 4.74 Å². The average Bonchev–Trinajstić information content (AvgIpc) is 2.46. The lowest BCUT2D eigenvalue weighted by Gasteiger charge is -2.11. The number of ether oxygens (including phenoxy) is 1. The van der Waals surface area contributed by atoms with Crippen molar-refractivity contribution in [1.82, 2.24) is 0 Å². The molecule has 8 heteroatoms. The second-order valence-corrected chi connectivity index (χ2v) is 4.55. The van der Waals surface area contributed by atoms with Gasteiger partial charge in [0.05, 0.1) is 0 Å². The summed E-state index contributed by atoms with van der Waals surface area (Å²) < 4.78 is 53.5. The topological polar surface area (TPSA) is 66.8 Å². The van der Waals surface area contributed by atoms with E-state index in [0.717, 1.165) is 24.3 Å². The molecule has 0 fully saturated rings. The number of aliphatic hydroxyl groups excluding tert-OH is 1. The molecule has 0 bridgehead atoms. The Morgan fingerprint density at radius 2 is 1.61 bits per heavy atom. The molecule has 2 rings (SSSR count). The molecular formula is C15H10F4O4. The summed E-state index contributed by atoms with van der Waals surface area (Å²) >= 11 is 0. The molecule has 4 nitrogen and oxygen atoms in total. The van der Waals surface area contributed by atoms with Crippen molar-refractivity contribution in [1.29, 1.82) is 0 Å². The standard InChI is InChI=1S/C15H10F4O4/c16-12-6-3-9(7-11(12)13(20)14(21)22)8-1-4-10(5-2-8)23-15(17,18)19/h1-7,13,20H,(H,21,22). The predicted molar refractivity (Wildman–Crippen MR) is 71.1 cm³/mol. The first kappa shape index (κ1) is 16.8. The summed E-state index contributed by atoms with van der Waals surface area (Å²) in [5.74, 6) is -2.94. The van der Waals surface area contributed by atoms with Crippen LogP contribution < -0.4 is 4.74 Å². The van der Waals surface area contributed by atoms with Crippen molar-refractivity contribution in [2.24, 2.45) is 0 Å². The highest BCUT2D eigenvalue weighted by Crippen LogP contribution is 2.29. The highest BCUT2D eigenvalue weighted by molar-refractivity contribution is 5.75. The van der Waals surface area contributed by atoms with Gasteiger partial charge in [-0.1, -0.05) is 18.2 Å². The predicted octanol–water partition coefficient (Wildman–Crippen LogP) is 3.51. The zero-order chi connectivity index (χ0) is 17.2. The van der Waals surface area contributed by atoms with E-state index in [0.29, 0.717) is 11.1 Å². The van der Waals surface area contributed by atoms with Crippen molar-refractivity contribution in [2.75, 3.05) is 0 Å². The molecule has 23 heavy (non-hydrogen) atoms. The monoisotopic (exact) mass is 330 g/mol. The lowest BCUT2D eigenvalue weighted by Crippen LogP contribution is -2.16. The van der Waals surface area contributed by atoms with Crippen LogP contribution in [0.5, 0.6) is 5.75 Å². The number of carbonyl (C=O) groups is 1. The average molecular weight is 330 g/mol. The number of aliphatic carboxylic acids is 1. The van der Waals surface area contributed by atoms with Gasteiger partial charge >= 0.3 is 12.3 Å². The molecule has 1 atom stereocenters. The second kappa shape index (κ2) is 6.25. The molecule has 2 N–H and O–H groups in total. The molecule has 0 radical (unpaired) electrons. The van der Waals surface area contributed by atoms with Crippen LogP contribution in [-0.2, 0) is 4.79 Å². The molecule has 0 aliphatic rings. The van der Waals surface area contributed by atoms with Crippen molar-refractivity contribution in [2.45, 2.75) is 12.5 Å². The van der Waals surface area contributed by atoms with Gasteiger partial charge < -0.3 is 14.9 Å². The van der Waals surface area contributed by atoms with Crippen LogP contribution in [0.4, 0.5) is 17.6 Å². The van der Waals surface area contributed by atoms with Crippen LogP contribution in [0.25, 0.3) is 11.1 Å². The summed E-state index contributed by atoms with van der Waals surface area (Å²) in [6.07, 6.45) is -6.85. The maximum absolute atomic E-state index is 13.6. The number of rotatable bonds is 4. The van der Waals surface area contributed by atoms with Gasteiger partial charge in [0.15, 0.2) is 6.10 Å². The van der Waals surface area contributed by atoms with Gasteiger partial charge in [0.2, 0.25) is 0 Å². The van der Waals surface area contributed by atoms with Gasteiger partial charge in [0, 0.05) is 5.56 Å². The largest absolute Gasteiger partial charge is 0.573 e. The van der Waals surface area contributed by atoms with Crippen LogP contribution in [-0.4, -0.2) is 22.5 Å². The number of hydrogen-bond donors (Lipinski definition) is 2. The van der Waals surface area contributed by atoms with Crippen LogP contribution in [0.1, 0.15) is 11.7 Å². The van der Waals surface area contributed by atoms with Gasteiger partial charge in [-0.25, -0.2) is 9.18 Å². The minimum Gasteiger partial charge on any atom is -0.479 e. The Balaban J connectivity index is 2.32. The van der Waals surface area contributed by atoms with Crippen molar-refractivity contribution in [3.8, 4) is 16.9 Å². The van der Waals surface area contributed by atoms with Crippen LogP contribution in [0.3, 0.4) is 0 Å². The van der Waals surface area contributed by atoms with Crippen LogP contribution in [0.2, 0.25) is 0 Å². The van der Waals surface area contributed by atoms with E-state index in [1.54, 1.807) is 0 Å². The van der Waals surface area contributed by atoms with Crippen molar-refractivity contribution >= 4 is 5.97 Å². The SMILES string of the molecule is O=C(O)C(O)c1cc(-c2ccc(OC(F)(F)F)cc2)ccc1F. The highest BCUT2D eigenvalue weighted by Gasteiger charge is 2.31. The van der Waals surface area contributed by atoms with E-state index < -0.39 is 35.6 Å². The molecule has 1 unspecified atom stereocenters. The Hall–Kier alpha value is -2.61. The molecule has 0 saturated carbocycles. The fourth-order valence-electron chi connectivity index (χ4n) is 1.91. The minimum absolute atomic E-state index is 0.334. The third-order valence-electron chi connectivity index (χ3n) is 2.95. The molecular weight excluding hydrogens is 320 g/mol. The zero-order valence-electron chi connectivity index (χ0n) is 11.3. The summed E-state index contributed by atoms with van der Waals surface area (Å²) in [7, 11) is 0. The number of aliphatic hydroxyl groups is 1. The normalized spacial score (nSPS) is 12.7. The van der Waals surface area contributed by atoms with Gasteiger partial charge in [-0.2, -0.15) is 0 Å².